The molecule has 0 unspecified atom stereocenters. The summed E-state index contributed by atoms with van der Waals surface area (Å²) in [4.78, 5) is 25.6. The average molecular weight is 428 g/mol. The molecule has 0 saturated heterocycles. The summed E-state index contributed by atoms with van der Waals surface area (Å²) < 4.78 is 3.89. The predicted molar refractivity (Wildman–Crippen MR) is 121 cm³/mol. The lowest BCUT2D eigenvalue weighted by Gasteiger charge is -2.29. The van der Waals surface area contributed by atoms with E-state index in [1.165, 1.54) is 0 Å². The summed E-state index contributed by atoms with van der Waals surface area (Å²) >= 11 is 0. The van der Waals surface area contributed by atoms with E-state index in [0.29, 0.717) is 11.7 Å². The molecule has 4 aromatic rings. The maximum absolute atomic E-state index is 12.9. The summed E-state index contributed by atoms with van der Waals surface area (Å²) in [5.41, 5.74) is 3.44. The van der Waals surface area contributed by atoms with Crippen LogP contribution in [-0.2, 0) is 7.05 Å². The Kier molecular flexibility index (Phi) is 5.49. The Hall–Kier alpha value is -3.81. The number of nitrogens with zero attached hydrogens (tertiary/aromatic N) is 6. The first-order valence-corrected chi connectivity index (χ1v) is 10.9. The van der Waals surface area contributed by atoms with E-state index in [1.807, 2.05) is 65.1 Å². The standard InChI is InChI=1S/C24H25N7O/c1-30-22(14-26-23(30)17-5-3-2-4-6-17)24(32)29-19-7-9-20(10-8-19)31-15-18(13-28-31)21-11-12-25-16-27-21/h2-6,11-16,19-20H,7-10H2,1H3,(H,29,32). The van der Waals surface area contributed by atoms with Crippen LogP contribution in [0.25, 0.3) is 22.6 Å². The van der Waals surface area contributed by atoms with Crippen LogP contribution in [0.3, 0.4) is 0 Å². The van der Waals surface area contributed by atoms with E-state index >= 15 is 0 Å². The van der Waals surface area contributed by atoms with Gasteiger partial charge in [-0.05, 0) is 31.7 Å². The zero-order valence-electron chi connectivity index (χ0n) is 17.9. The van der Waals surface area contributed by atoms with Crippen molar-refractivity contribution in [2.75, 3.05) is 0 Å². The number of carbonyl (C=O) groups is 1. The first-order valence-electron chi connectivity index (χ1n) is 10.9. The highest BCUT2D eigenvalue weighted by Gasteiger charge is 2.25. The van der Waals surface area contributed by atoms with E-state index in [-0.39, 0.29) is 11.9 Å². The third-order valence-corrected chi connectivity index (χ3v) is 6.14. The van der Waals surface area contributed by atoms with Crippen LogP contribution >= 0.6 is 0 Å². The fraction of sp³-hybridized carbons (Fsp3) is 0.292. The van der Waals surface area contributed by atoms with Gasteiger partial charge in [0.05, 0.1) is 24.1 Å². The van der Waals surface area contributed by atoms with Gasteiger partial charge < -0.3 is 9.88 Å². The molecule has 32 heavy (non-hydrogen) atoms. The summed E-state index contributed by atoms with van der Waals surface area (Å²) in [6.07, 6.45) is 12.6. The smallest absolute Gasteiger partial charge is 0.269 e. The van der Waals surface area contributed by atoms with Crippen LogP contribution in [0.1, 0.15) is 42.2 Å². The first-order chi connectivity index (χ1) is 15.7. The molecule has 1 amide bonds. The van der Waals surface area contributed by atoms with Gasteiger partial charge in [0, 0.05) is 36.6 Å². The van der Waals surface area contributed by atoms with Crippen LogP contribution in [-0.4, -0.2) is 41.2 Å². The normalized spacial score (nSPS) is 18.4. The van der Waals surface area contributed by atoms with E-state index in [1.54, 1.807) is 18.7 Å². The highest BCUT2D eigenvalue weighted by atomic mass is 16.2. The van der Waals surface area contributed by atoms with Crippen LogP contribution in [0.15, 0.2) is 67.5 Å². The van der Waals surface area contributed by atoms with E-state index in [9.17, 15) is 4.79 Å². The van der Waals surface area contributed by atoms with Crippen molar-refractivity contribution in [3.8, 4) is 22.6 Å². The lowest BCUT2D eigenvalue weighted by atomic mass is 9.91. The fourth-order valence-electron chi connectivity index (χ4n) is 4.35. The lowest BCUT2D eigenvalue weighted by molar-refractivity contribution is 0.0913. The Morgan fingerprint density at radius 3 is 2.56 bits per heavy atom. The highest BCUT2D eigenvalue weighted by Crippen LogP contribution is 2.29. The van der Waals surface area contributed by atoms with Gasteiger partial charge in [0.25, 0.3) is 5.91 Å². The lowest BCUT2D eigenvalue weighted by Crippen LogP contribution is -2.38. The molecule has 1 saturated carbocycles. The zero-order valence-corrected chi connectivity index (χ0v) is 17.9. The number of nitrogens with one attached hydrogen (secondary N) is 1. The number of benzene rings is 1. The quantitative estimate of drug-likeness (QED) is 0.525. The van der Waals surface area contributed by atoms with Crippen molar-refractivity contribution in [1.82, 2.24) is 34.6 Å². The molecule has 1 fully saturated rings. The second-order valence-electron chi connectivity index (χ2n) is 8.17. The summed E-state index contributed by atoms with van der Waals surface area (Å²) in [6.45, 7) is 0. The largest absolute Gasteiger partial charge is 0.348 e. The van der Waals surface area contributed by atoms with Crippen LogP contribution < -0.4 is 5.32 Å². The number of amides is 1. The number of hydrogen-bond acceptors (Lipinski definition) is 5. The Labute approximate surface area is 186 Å². The van der Waals surface area contributed by atoms with E-state index < -0.39 is 0 Å². The maximum Gasteiger partial charge on any atom is 0.269 e. The molecular formula is C24H25N7O. The molecule has 8 heteroatoms. The van der Waals surface area contributed by atoms with E-state index in [0.717, 1.165) is 48.3 Å². The van der Waals surface area contributed by atoms with E-state index in [2.05, 4.69) is 25.4 Å². The molecule has 0 atom stereocenters. The molecule has 3 heterocycles. The van der Waals surface area contributed by atoms with Crippen molar-refractivity contribution < 1.29 is 4.79 Å². The van der Waals surface area contributed by atoms with Gasteiger partial charge in [-0.2, -0.15) is 5.10 Å². The topological polar surface area (TPSA) is 90.5 Å². The summed E-state index contributed by atoms with van der Waals surface area (Å²) in [7, 11) is 1.88. The average Bonchev–Trinajstić information content (AvgIpc) is 3.48. The summed E-state index contributed by atoms with van der Waals surface area (Å²) in [5, 5.41) is 7.75. The van der Waals surface area contributed by atoms with Crippen LogP contribution in [0.4, 0.5) is 0 Å². The minimum absolute atomic E-state index is 0.0734. The van der Waals surface area contributed by atoms with Crippen molar-refractivity contribution >= 4 is 5.91 Å². The number of hydrogen-bond donors (Lipinski definition) is 1. The molecule has 5 rings (SSSR count). The molecule has 8 nitrogen and oxygen atoms in total. The maximum atomic E-state index is 12.9. The third-order valence-electron chi connectivity index (χ3n) is 6.14. The molecule has 3 aromatic heterocycles. The van der Waals surface area contributed by atoms with Crippen LogP contribution in [0.5, 0.6) is 0 Å². The number of aromatic nitrogens is 6. The molecule has 0 spiro atoms. The summed E-state index contributed by atoms with van der Waals surface area (Å²) in [5.74, 6) is 0.716. The molecule has 0 radical (unpaired) electrons. The van der Waals surface area contributed by atoms with Gasteiger partial charge >= 0.3 is 0 Å². The Morgan fingerprint density at radius 2 is 1.81 bits per heavy atom. The highest BCUT2D eigenvalue weighted by molar-refractivity contribution is 5.93. The molecule has 0 bridgehead atoms. The molecule has 1 aliphatic rings. The van der Waals surface area contributed by atoms with Crippen molar-refractivity contribution in [2.24, 2.45) is 7.05 Å². The molecule has 162 valence electrons. The van der Waals surface area contributed by atoms with Gasteiger partial charge in [0.15, 0.2) is 0 Å². The van der Waals surface area contributed by atoms with Crippen molar-refractivity contribution in [3.05, 3.63) is 73.2 Å². The molecule has 0 aliphatic heterocycles. The van der Waals surface area contributed by atoms with Gasteiger partial charge in [0.2, 0.25) is 0 Å². The first kappa shape index (κ1) is 20.1. The van der Waals surface area contributed by atoms with Crippen LogP contribution in [0, 0.1) is 0 Å². The van der Waals surface area contributed by atoms with Crippen molar-refractivity contribution in [2.45, 2.75) is 37.8 Å². The van der Waals surface area contributed by atoms with Gasteiger partial charge in [-0.15, -0.1) is 0 Å². The number of rotatable bonds is 5. The third kappa shape index (κ3) is 4.03. The van der Waals surface area contributed by atoms with Crippen molar-refractivity contribution in [3.63, 3.8) is 0 Å². The second kappa shape index (κ2) is 8.74. The number of carbonyl (C=O) groups excluding carboxylic acids is 1. The number of imidazole rings is 1. The van der Waals surface area contributed by atoms with E-state index in [4.69, 9.17) is 0 Å². The predicted octanol–water partition coefficient (Wildman–Crippen LogP) is 3.65. The Bertz CT molecular complexity index is 1190. The monoisotopic (exact) mass is 427 g/mol. The van der Waals surface area contributed by atoms with Gasteiger partial charge in [0.1, 0.15) is 17.8 Å². The minimum Gasteiger partial charge on any atom is -0.348 e. The van der Waals surface area contributed by atoms with Gasteiger partial charge in [-0.3, -0.25) is 9.48 Å². The molecule has 1 aromatic carbocycles. The Balaban J connectivity index is 1.19. The van der Waals surface area contributed by atoms with Gasteiger partial charge in [-0.25, -0.2) is 15.0 Å². The van der Waals surface area contributed by atoms with Gasteiger partial charge in [-0.1, -0.05) is 30.3 Å². The summed E-state index contributed by atoms with van der Waals surface area (Å²) in [6, 6.07) is 12.3. The van der Waals surface area contributed by atoms with Crippen LogP contribution in [0.2, 0.25) is 0 Å². The fourth-order valence-corrected chi connectivity index (χ4v) is 4.35. The molecular weight excluding hydrogens is 402 g/mol. The Morgan fingerprint density at radius 1 is 1.00 bits per heavy atom. The molecule has 1 aliphatic carbocycles. The zero-order chi connectivity index (χ0) is 21.9. The SMILES string of the molecule is Cn1c(C(=O)NC2CCC(n3cc(-c4ccncn4)cn3)CC2)cnc1-c1ccccc1. The minimum atomic E-state index is -0.0734. The second-order valence-corrected chi connectivity index (χ2v) is 8.17. The molecule has 1 N–H and O–H groups in total. The van der Waals surface area contributed by atoms with Crippen molar-refractivity contribution in [1.29, 1.82) is 0 Å².